The van der Waals surface area contributed by atoms with E-state index in [9.17, 15) is 5.11 Å². The van der Waals surface area contributed by atoms with Gasteiger partial charge in [0.05, 0.1) is 5.60 Å². The molecular formula is C11H15NO. The molecular weight excluding hydrogens is 162 g/mol. The van der Waals surface area contributed by atoms with Crippen molar-refractivity contribution in [3.63, 3.8) is 0 Å². The van der Waals surface area contributed by atoms with Gasteiger partial charge in [-0.2, -0.15) is 0 Å². The van der Waals surface area contributed by atoms with E-state index in [2.05, 4.69) is 30.4 Å². The third kappa shape index (κ3) is 1.68. The van der Waals surface area contributed by atoms with Crippen molar-refractivity contribution in [3.8, 4) is 0 Å². The predicted molar refractivity (Wildman–Crippen MR) is 54.0 cm³/mol. The van der Waals surface area contributed by atoms with Gasteiger partial charge >= 0.3 is 0 Å². The van der Waals surface area contributed by atoms with Gasteiger partial charge in [-0.05, 0) is 31.0 Å². The lowest BCUT2D eigenvalue weighted by Crippen LogP contribution is -2.39. The van der Waals surface area contributed by atoms with Gasteiger partial charge in [0.2, 0.25) is 0 Å². The average Bonchev–Trinajstić information content (AvgIpc) is 2.05. The fourth-order valence-corrected chi connectivity index (χ4v) is 1.77. The molecule has 1 heterocycles. The molecule has 70 valence electrons. The first kappa shape index (κ1) is 8.57. The number of hydrogen-bond acceptors (Lipinski definition) is 2. The topological polar surface area (TPSA) is 32.3 Å². The van der Waals surface area contributed by atoms with Crippen LogP contribution in [-0.2, 0) is 6.42 Å². The molecule has 0 amide bonds. The first-order valence-corrected chi connectivity index (χ1v) is 4.63. The van der Waals surface area contributed by atoms with Crippen molar-refractivity contribution in [3.05, 3.63) is 29.3 Å². The Labute approximate surface area is 78.6 Å². The van der Waals surface area contributed by atoms with E-state index in [1.54, 1.807) is 0 Å². The summed E-state index contributed by atoms with van der Waals surface area (Å²) in [6.07, 6.45) is 0.746. The summed E-state index contributed by atoms with van der Waals surface area (Å²) < 4.78 is 0. The molecule has 0 spiro atoms. The number of rotatable bonds is 0. The maximum absolute atomic E-state index is 9.83. The van der Waals surface area contributed by atoms with Crippen LogP contribution in [0, 0.1) is 6.92 Å². The van der Waals surface area contributed by atoms with Gasteiger partial charge in [0.25, 0.3) is 0 Å². The summed E-state index contributed by atoms with van der Waals surface area (Å²) in [6.45, 7) is 4.58. The second-order valence-corrected chi connectivity index (χ2v) is 4.19. The molecule has 1 aromatic carbocycles. The highest BCUT2D eigenvalue weighted by Crippen LogP contribution is 2.27. The van der Waals surface area contributed by atoms with E-state index >= 15 is 0 Å². The Kier molecular flexibility index (Phi) is 1.81. The van der Waals surface area contributed by atoms with Gasteiger partial charge in [-0.3, -0.25) is 0 Å². The summed E-state index contributed by atoms with van der Waals surface area (Å²) in [7, 11) is 0. The summed E-state index contributed by atoms with van der Waals surface area (Å²) in [5.74, 6) is 0. The zero-order valence-electron chi connectivity index (χ0n) is 8.09. The van der Waals surface area contributed by atoms with Gasteiger partial charge in [-0.25, -0.2) is 0 Å². The molecule has 0 fully saturated rings. The van der Waals surface area contributed by atoms with E-state index < -0.39 is 5.60 Å². The number of β-amino-alcohol motifs (C(OH)–C–C–N with tert-alkyl or cyclic N) is 1. The van der Waals surface area contributed by atoms with E-state index in [0.29, 0.717) is 6.54 Å². The van der Waals surface area contributed by atoms with Crippen LogP contribution in [0.3, 0.4) is 0 Å². The van der Waals surface area contributed by atoms with Crippen LogP contribution in [0.5, 0.6) is 0 Å². The van der Waals surface area contributed by atoms with Crippen LogP contribution in [0.25, 0.3) is 0 Å². The summed E-state index contributed by atoms with van der Waals surface area (Å²) in [5, 5.41) is 13.1. The minimum Gasteiger partial charge on any atom is -0.388 e. The maximum Gasteiger partial charge on any atom is 0.0832 e. The number of fused-ring (bicyclic) bond motifs is 1. The van der Waals surface area contributed by atoms with Crippen LogP contribution in [0.15, 0.2) is 18.2 Å². The maximum atomic E-state index is 9.83. The average molecular weight is 177 g/mol. The van der Waals surface area contributed by atoms with Crippen LogP contribution < -0.4 is 5.32 Å². The Morgan fingerprint density at radius 1 is 1.46 bits per heavy atom. The van der Waals surface area contributed by atoms with E-state index in [0.717, 1.165) is 6.42 Å². The summed E-state index contributed by atoms with van der Waals surface area (Å²) in [5.41, 5.74) is 3.04. The van der Waals surface area contributed by atoms with Crippen molar-refractivity contribution in [2.24, 2.45) is 0 Å². The van der Waals surface area contributed by atoms with Gasteiger partial charge in [0.15, 0.2) is 0 Å². The first-order chi connectivity index (χ1) is 6.07. The summed E-state index contributed by atoms with van der Waals surface area (Å²) >= 11 is 0. The van der Waals surface area contributed by atoms with E-state index in [4.69, 9.17) is 0 Å². The molecule has 0 aromatic heterocycles. The highest BCUT2D eigenvalue weighted by molar-refractivity contribution is 5.55. The Morgan fingerprint density at radius 2 is 2.23 bits per heavy atom. The fraction of sp³-hybridized carbons (Fsp3) is 0.455. The van der Waals surface area contributed by atoms with Crippen molar-refractivity contribution >= 4 is 5.69 Å². The molecule has 0 saturated heterocycles. The number of nitrogens with one attached hydrogen (secondary N) is 1. The number of anilines is 1. The van der Waals surface area contributed by atoms with Gasteiger partial charge in [-0.1, -0.05) is 12.1 Å². The fourth-order valence-electron chi connectivity index (χ4n) is 1.77. The normalized spacial score (nSPS) is 26.4. The van der Waals surface area contributed by atoms with E-state index in [1.807, 2.05) is 6.92 Å². The summed E-state index contributed by atoms with van der Waals surface area (Å²) in [6, 6.07) is 6.30. The highest BCUT2D eigenvalue weighted by atomic mass is 16.3. The molecule has 2 heteroatoms. The van der Waals surface area contributed by atoms with Crippen molar-refractivity contribution < 1.29 is 5.11 Å². The second-order valence-electron chi connectivity index (χ2n) is 4.19. The summed E-state index contributed by atoms with van der Waals surface area (Å²) in [4.78, 5) is 0. The monoisotopic (exact) mass is 177 g/mol. The van der Waals surface area contributed by atoms with E-state index in [-0.39, 0.29) is 0 Å². The number of benzene rings is 1. The molecule has 1 aliphatic heterocycles. The molecule has 0 bridgehead atoms. The van der Waals surface area contributed by atoms with Crippen molar-refractivity contribution in [1.82, 2.24) is 0 Å². The third-order valence-electron chi connectivity index (χ3n) is 2.50. The molecule has 0 radical (unpaired) electrons. The first-order valence-electron chi connectivity index (χ1n) is 4.63. The molecule has 2 nitrogen and oxygen atoms in total. The predicted octanol–water partition coefficient (Wildman–Crippen LogP) is 1.71. The van der Waals surface area contributed by atoms with Crippen LogP contribution >= 0.6 is 0 Å². The van der Waals surface area contributed by atoms with Crippen LogP contribution in [0.1, 0.15) is 18.1 Å². The molecule has 2 rings (SSSR count). The van der Waals surface area contributed by atoms with Gasteiger partial charge in [-0.15, -0.1) is 0 Å². The Balaban J connectivity index is 2.37. The largest absolute Gasteiger partial charge is 0.388 e. The Hall–Kier alpha value is -1.02. The lowest BCUT2D eigenvalue weighted by Gasteiger charge is -2.31. The molecule has 1 aromatic rings. The smallest absolute Gasteiger partial charge is 0.0832 e. The number of aliphatic hydroxyl groups is 1. The zero-order chi connectivity index (χ0) is 9.47. The van der Waals surface area contributed by atoms with Gasteiger partial charge in [0.1, 0.15) is 0 Å². The lowest BCUT2D eigenvalue weighted by atomic mass is 9.91. The molecule has 0 aliphatic carbocycles. The molecule has 1 atom stereocenters. The Bertz CT molecular complexity index is 331. The second kappa shape index (κ2) is 2.74. The lowest BCUT2D eigenvalue weighted by molar-refractivity contribution is 0.0710. The molecule has 0 saturated carbocycles. The van der Waals surface area contributed by atoms with E-state index in [1.165, 1.54) is 16.8 Å². The van der Waals surface area contributed by atoms with Crippen LogP contribution in [-0.4, -0.2) is 17.3 Å². The Morgan fingerprint density at radius 3 is 3.00 bits per heavy atom. The quantitative estimate of drug-likeness (QED) is 0.632. The van der Waals surface area contributed by atoms with Crippen molar-refractivity contribution in [2.75, 3.05) is 11.9 Å². The highest BCUT2D eigenvalue weighted by Gasteiger charge is 2.26. The molecule has 13 heavy (non-hydrogen) atoms. The SMILES string of the molecule is Cc1ccc2c(c1)NCC(C)(O)C2. The number of aryl methyl sites for hydroxylation is 1. The van der Waals surface area contributed by atoms with Crippen LogP contribution in [0.4, 0.5) is 5.69 Å². The minimum absolute atomic E-state index is 0.595. The van der Waals surface area contributed by atoms with Crippen molar-refractivity contribution in [1.29, 1.82) is 0 Å². The van der Waals surface area contributed by atoms with Crippen molar-refractivity contribution in [2.45, 2.75) is 25.9 Å². The van der Waals surface area contributed by atoms with Crippen LogP contribution in [0.2, 0.25) is 0 Å². The zero-order valence-corrected chi connectivity index (χ0v) is 8.09. The molecule has 1 unspecified atom stereocenters. The standard InChI is InChI=1S/C11H15NO/c1-8-3-4-9-6-11(2,13)7-12-10(9)5-8/h3-5,12-13H,6-7H2,1-2H3. The minimum atomic E-state index is -0.595. The van der Waals surface area contributed by atoms with Gasteiger partial charge < -0.3 is 10.4 Å². The number of hydrogen-bond donors (Lipinski definition) is 2. The molecule has 1 aliphatic rings. The van der Waals surface area contributed by atoms with Gasteiger partial charge in [0, 0.05) is 18.7 Å². The molecule has 2 N–H and O–H groups in total. The third-order valence-corrected chi connectivity index (χ3v) is 2.50.